The van der Waals surface area contributed by atoms with Gasteiger partial charge in [-0.25, -0.2) is 0 Å². The van der Waals surface area contributed by atoms with E-state index in [4.69, 9.17) is 5.11 Å². The van der Waals surface area contributed by atoms with Gasteiger partial charge in [0.1, 0.15) is 0 Å². The number of amides is 1. The number of anilines is 1. The summed E-state index contributed by atoms with van der Waals surface area (Å²) in [4.78, 5) is 12.1. The third-order valence-corrected chi connectivity index (χ3v) is 2.82. The minimum Gasteiger partial charge on any atom is -0.393 e. The van der Waals surface area contributed by atoms with Gasteiger partial charge in [0.15, 0.2) is 0 Å². The van der Waals surface area contributed by atoms with E-state index in [-0.39, 0.29) is 12.0 Å². The molecule has 0 aliphatic carbocycles. The zero-order valence-corrected chi connectivity index (χ0v) is 11.8. The number of benzene rings is 1. The van der Waals surface area contributed by atoms with Crippen LogP contribution >= 0.6 is 0 Å². The summed E-state index contributed by atoms with van der Waals surface area (Å²) in [5, 5.41) is 15.3. The Morgan fingerprint density at radius 3 is 2.74 bits per heavy atom. The number of nitrogens with one attached hydrogen (secondary N) is 2. The Kier molecular flexibility index (Phi) is 6.97. The zero-order chi connectivity index (χ0) is 14.1. The average Bonchev–Trinajstić information content (AvgIpc) is 2.41. The molecule has 4 heteroatoms. The fourth-order valence-electron chi connectivity index (χ4n) is 1.79. The van der Waals surface area contributed by atoms with E-state index in [9.17, 15) is 4.79 Å². The normalized spacial score (nSPS) is 11.9. The largest absolute Gasteiger partial charge is 0.393 e. The van der Waals surface area contributed by atoms with Crippen molar-refractivity contribution in [3.8, 4) is 0 Å². The molecule has 0 fully saturated rings. The van der Waals surface area contributed by atoms with Crippen molar-refractivity contribution in [2.45, 2.75) is 39.2 Å². The third kappa shape index (κ3) is 5.75. The van der Waals surface area contributed by atoms with E-state index in [0.29, 0.717) is 18.5 Å². The molecule has 0 heterocycles. The van der Waals surface area contributed by atoms with E-state index >= 15 is 0 Å². The van der Waals surface area contributed by atoms with Crippen LogP contribution in [0.4, 0.5) is 5.69 Å². The van der Waals surface area contributed by atoms with Crippen LogP contribution < -0.4 is 10.6 Å². The second-order valence-electron chi connectivity index (χ2n) is 4.72. The summed E-state index contributed by atoms with van der Waals surface area (Å²) in [6.07, 6.45) is 2.20. The summed E-state index contributed by atoms with van der Waals surface area (Å²) in [5.41, 5.74) is 1.55. The fourth-order valence-corrected chi connectivity index (χ4v) is 1.79. The van der Waals surface area contributed by atoms with Crippen molar-refractivity contribution < 1.29 is 9.90 Å². The van der Waals surface area contributed by atoms with Gasteiger partial charge in [0.25, 0.3) is 5.91 Å². The second kappa shape index (κ2) is 8.53. The molecule has 0 bridgehead atoms. The molecule has 0 aliphatic rings. The summed E-state index contributed by atoms with van der Waals surface area (Å²) in [6.45, 7) is 5.29. The highest BCUT2D eigenvalue weighted by Crippen LogP contribution is 2.14. The smallest absolute Gasteiger partial charge is 0.253 e. The summed E-state index contributed by atoms with van der Waals surface area (Å²) in [5.74, 6) is -0.0650. The van der Waals surface area contributed by atoms with Gasteiger partial charge in [-0.15, -0.1) is 0 Å². The molecule has 0 aromatic heterocycles. The standard InChI is InChI=1S/C15H24N2O2/c1-3-10-16-14-9-5-4-8-13(14)15(19)17-11-6-7-12(2)18/h4-5,8-9,12,16,18H,3,6-7,10-11H2,1-2H3,(H,17,19). The summed E-state index contributed by atoms with van der Waals surface area (Å²) in [7, 11) is 0. The predicted octanol–water partition coefficient (Wildman–Crippen LogP) is 2.40. The molecule has 1 aromatic rings. The van der Waals surface area contributed by atoms with E-state index in [1.54, 1.807) is 6.92 Å². The summed E-state index contributed by atoms with van der Waals surface area (Å²) in [6, 6.07) is 7.52. The minimum atomic E-state index is -0.310. The molecule has 1 aromatic carbocycles. The number of aliphatic hydroxyl groups excluding tert-OH is 1. The van der Waals surface area contributed by atoms with Gasteiger partial charge in [0.05, 0.1) is 11.7 Å². The maximum atomic E-state index is 12.1. The minimum absolute atomic E-state index is 0.0650. The second-order valence-corrected chi connectivity index (χ2v) is 4.72. The number of carbonyl (C=O) groups is 1. The predicted molar refractivity (Wildman–Crippen MR) is 78.5 cm³/mol. The first-order chi connectivity index (χ1) is 9.15. The van der Waals surface area contributed by atoms with Crippen LogP contribution in [0, 0.1) is 0 Å². The van der Waals surface area contributed by atoms with E-state index < -0.39 is 0 Å². The van der Waals surface area contributed by atoms with Crippen LogP contribution in [0.3, 0.4) is 0 Å². The molecule has 1 rings (SSSR count). The van der Waals surface area contributed by atoms with Gasteiger partial charge >= 0.3 is 0 Å². The number of hydrogen-bond donors (Lipinski definition) is 3. The van der Waals surface area contributed by atoms with Crippen molar-refractivity contribution in [2.75, 3.05) is 18.4 Å². The van der Waals surface area contributed by atoms with Crippen LogP contribution in [-0.2, 0) is 0 Å². The van der Waals surface area contributed by atoms with Crippen LogP contribution in [0.5, 0.6) is 0 Å². The molecule has 0 saturated heterocycles. The molecular weight excluding hydrogens is 240 g/mol. The molecular formula is C15H24N2O2. The van der Waals surface area contributed by atoms with Crippen molar-refractivity contribution >= 4 is 11.6 Å². The van der Waals surface area contributed by atoms with Crippen molar-refractivity contribution in [1.82, 2.24) is 5.32 Å². The van der Waals surface area contributed by atoms with Crippen molar-refractivity contribution in [3.05, 3.63) is 29.8 Å². The molecule has 0 spiro atoms. The summed E-state index contributed by atoms with van der Waals surface area (Å²) < 4.78 is 0. The Labute approximate surface area is 115 Å². The number of aliphatic hydroxyl groups is 1. The first-order valence-corrected chi connectivity index (χ1v) is 6.94. The molecule has 1 amide bonds. The topological polar surface area (TPSA) is 61.4 Å². The molecule has 106 valence electrons. The van der Waals surface area contributed by atoms with E-state index in [1.165, 1.54) is 0 Å². The Morgan fingerprint density at radius 1 is 1.32 bits per heavy atom. The Bertz CT molecular complexity index is 391. The highest BCUT2D eigenvalue weighted by Gasteiger charge is 2.09. The zero-order valence-electron chi connectivity index (χ0n) is 11.8. The highest BCUT2D eigenvalue weighted by molar-refractivity contribution is 5.99. The van der Waals surface area contributed by atoms with E-state index in [2.05, 4.69) is 17.6 Å². The van der Waals surface area contributed by atoms with Crippen LogP contribution in [0.25, 0.3) is 0 Å². The number of hydrogen-bond acceptors (Lipinski definition) is 3. The van der Waals surface area contributed by atoms with Gasteiger partial charge < -0.3 is 15.7 Å². The average molecular weight is 264 g/mol. The van der Waals surface area contributed by atoms with Crippen molar-refractivity contribution in [1.29, 1.82) is 0 Å². The molecule has 0 saturated carbocycles. The van der Waals surface area contributed by atoms with Crippen molar-refractivity contribution in [3.63, 3.8) is 0 Å². The molecule has 3 N–H and O–H groups in total. The fraction of sp³-hybridized carbons (Fsp3) is 0.533. The quantitative estimate of drug-likeness (QED) is 0.632. The van der Waals surface area contributed by atoms with Gasteiger partial charge in [-0.2, -0.15) is 0 Å². The lowest BCUT2D eigenvalue weighted by atomic mass is 10.1. The van der Waals surface area contributed by atoms with Gasteiger partial charge in [-0.3, -0.25) is 4.79 Å². The van der Waals surface area contributed by atoms with Crippen LogP contribution in [0.1, 0.15) is 43.5 Å². The number of carbonyl (C=O) groups excluding carboxylic acids is 1. The molecule has 1 unspecified atom stereocenters. The molecule has 4 nitrogen and oxygen atoms in total. The maximum absolute atomic E-state index is 12.1. The number of para-hydroxylation sites is 1. The highest BCUT2D eigenvalue weighted by atomic mass is 16.3. The monoisotopic (exact) mass is 264 g/mol. The SMILES string of the molecule is CCCNc1ccccc1C(=O)NCCCC(C)O. The van der Waals surface area contributed by atoms with Crippen LogP contribution in [-0.4, -0.2) is 30.2 Å². The van der Waals surface area contributed by atoms with E-state index in [0.717, 1.165) is 25.1 Å². The molecule has 0 radical (unpaired) electrons. The lowest BCUT2D eigenvalue weighted by Gasteiger charge is -2.11. The van der Waals surface area contributed by atoms with Crippen LogP contribution in [0.15, 0.2) is 24.3 Å². The van der Waals surface area contributed by atoms with Crippen LogP contribution in [0.2, 0.25) is 0 Å². The maximum Gasteiger partial charge on any atom is 0.253 e. The number of rotatable bonds is 8. The van der Waals surface area contributed by atoms with Gasteiger partial charge in [0.2, 0.25) is 0 Å². The van der Waals surface area contributed by atoms with Gasteiger partial charge in [-0.1, -0.05) is 19.1 Å². The van der Waals surface area contributed by atoms with Gasteiger partial charge in [-0.05, 0) is 38.3 Å². The Morgan fingerprint density at radius 2 is 2.05 bits per heavy atom. The Hall–Kier alpha value is -1.55. The first-order valence-electron chi connectivity index (χ1n) is 6.94. The molecule has 19 heavy (non-hydrogen) atoms. The van der Waals surface area contributed by atoms with Crippen molar-refractivity contribution in [2.24, 2.45) is 0 Å². The molecule has 1 atom stereocenters. The van der Waals surface area contributed by atoms with E-state index in [1.807, 2.05) is 24.3 Å². The van der Waals surface area contributed by atoms with Gasteiger partial charge in [0, 0.05) is 18.8 Å². The lowest BCUT2D eigenvalue weighted by Crippen LogP contribution is -2.26. The lowest BCUT2D eigenvalue weighted by molar-refractivity contribution is 0.0950. The first kappa shape index (κ1) is 15.5. The third-order valence-electron chi connectivity index (χ3n) is 2.82. The molecule has 0 aliphatic heterocycles. The summed E-state index contributed by atoms with van der Waals surface area (Å²) >= 11 is 0. The Balaban J connectivity index is 2.51.